The van der Waals surface area contributed by atoms with Gasteiger partial charge in [-0.1, -0.05) is 103 Å². The SMILES string of the molecule is O=C(NC(c1ccccc1)c1ccccc1)c1ccc(CN(Cc2cccc(F)c2)Cc2ccccc2Cl)o1. The van der Waals surface area contributed by atoms with E-state index in [2.05, 4.69) is 10.2 Å². The lowest BCUT2D eigenvalue weighted by atomic mass is 9.98. The number of furan rings is 1. The molecule has 0 unspecified atom stereocenters. The molecule has 4 aromatic carbocycles. The zero-order valence-electron chi connectivity index (χ0n) is 21.3. The number of carbonyl (C=O) groups is 1. The Morgan fingerprint density at radius 3 is 2.10 bits per heavy atom. The molecule has 0 atom stereocenters. The van der Waals surface area contributed by atoms with Crippen molar-refractivity contribution in [3.05, 3.63) is 166 Å². The third-order valence-corrected chi connectivity index (χ3v) is 6.82. The molecule has 0 aliphatic heterocycles. The number of nitrogens with one attached hydrogen (secondary N) is 1. The van der Waals surface area contributed by atoms with Crippen LogP contribution in [0.25, 0.3) is 0 Å². The zero-order valence-corrected chi connectivity index (χ0v) is 22.0. The number of halogens is 2. The molecule has 5 rings (SSSR count). The molecule has 4 nitrogen and oxygen atoms in total. The summed E-state index contributed by atoms with van der Waals surface area (Å²) in [6, 6.07) is 37.0. The van der Waals surface area contributed by atoms with Gasteiger partial charge in [0.25, 0.3) is 5.91 Å². The Labute approximate surface area is 232 Å². The fraction of sp³-hybridized carbons (Fsp3) is 0.121. The highest BCUT2D eigenvalue weighted by atomic mass is 35.5. The summed E-state index contributed by atoms with van der Waals surface area (Å²) in [7, 11) is 0. The average Bonchev–Trinajstić information content (AvgIpc) is 3.42. The molecule has 1 heterocycles. The van der Waals surface area contributed by atoms with Crippen molar-refractivity contribution in [3.63, 3.8) is 0 Å². The topological polar surface area (TPSA) is 45.5 Å². The summed E-state index contributed by atoms with van der Waals surface area (Å²) in [5.74, 6) is 0.264. The van der Waals surface area contributed by atoms with Crippen molar-refractivity contribution in [3.8, 4) is 0 Å². The lowest BCUT2D eigenvalue weighted by Gasteiger charge is -2.22. The maximum Gasteiger partial charge on any atom is 0.287 e. The van der Waals surface area contributed by atoms with Crippen LogP contribution < -0.4 is 5.32 Å². The van der Waals surface area contributed by atoms with Gasteiger partial charge < -0.3 is 9.73 Å². The molecule has 0 spiro atoms. The Bertz CT molecular complexity index is 1480. The second-order valence-electron chi connectivity index (χ2n) is 9.36. The van der Waals surface area contributed by atoms with E-state index in [0.29, 0.717) is 30.4 Å². The minimum Gasteiger partial charge on any atom is -0.455 e. The molecule has 39 heavy (non-hydrogen) atoms. The Balaban J connectivity index is 1.34. The van der Waals surface area contributed by atoms with E-state index in [1.807, 2.05) is 91.0 Å². The molecule has 1 N–H and O–H groups in total. The van der Waals surface area contributed by atoms with Crippen molar-refractivity contribution in [2.24, 2.45) is 0 Å². The van der Waals surface area contributed by atoms with Gasteiger partial charge in [-0.05, 0) is 52.6 Å². The predicted octanol–water partition coefficient (Wildman–Crippen LogP) is 7.79. The summed E-state index contributed by atoms with van der Waals surface area (Å²) in [4.78, 5) is 15.4. The smallest absolute Gasteiger partial charge is 0.287 e. The molecule has 0 fully saturated rings. The van der Waals surface area contributed by atoms with Gasteiger partial charge in [-0.25, -0.2) is 4.39 Å². The highest BCUT2D eigenvalue weighted by Gasteiger charge is 2.21. The second kappa shape index (κ2) is 12.6. The number of benzene rings is 4. The van der Waals surface area contributed by atoms with Crippen molar-refractivity contribution in [2.45, 2.75) is 25.7 Å². The minimum atomic E-state index is -0.321. The Kier molecular flexibility index (Phi) is 8.51. The summed E-state index contributed by atoms with van der Waals surface area (Å²) in [5.41, 5.74) is 3.74. The molecule has 0 aliphatic rings. The number of nitrogens with zero attached hydrogens (tertiary/aromatic N) is 1. The molecule has 6 heteroatoms. The van der Waals surface area contributed by atoms with Gasteiger partial charge in [-0.15, -0.1) is 0 Å². The second-order valence-corrected chi connectivity index (χ2v) is 9.77. The van der Waals surface area contributed by atoms with Gasteiger partial charge in [0, 0.05) is 18.1 Å². The van der Waals surface area contributed by atoms with Gasteiger partial charge in [-0.3, -0.25) is 9.69 Å². The van der Waals surface area contributed by atoms with Crippen LogP contribution in [0.5, 0.6) is 0 Å². The van der Waals surface area contributed by atoms with Gasteiger partial charge >= 0.3 is 0 Å². The fourth-order valence-corrected chi connectivity index (χ4v) is 4.78. The van der Waals surface area contributed by atoms with Gasteiger partial charge in [0.2, 0.25) is 0 Å². The monoisotopic (exact) mass is 538 g/mol. The van der Waals surface area contributed by atoms with Crippen molar-refractivity contribution in [1.82, 2.24) is 10.2 Å². The molecular weight excluding hydrogens is 511 g/mol. The lowest BCUT2D eigenvalue weighted by Crippen LogP contribution is -2.29. The van der Waals surface area contributed by atoms with E-state index in [-0.39, 0.29) is 23.5 Å². The molecule has 0 radical (unpaired) electrons. The van der Waals surface area contributed by atoms with E-state index in [4.69, 9.17) is 16.0 Å². The zero-order chi connectivity index (χ0) is 27.0. The van der Waals surface area contributed by atoms with E-state index in [9.17, 15) is 9.18 Å². The summed E-state index contributed by atoms with van der Waals surface area (Å²) in [6.45, 7) is 1.42. The van der Waals surface area contributed by atoms with Crippen LogP contribution in [0.2, 0.25) is 5.02 Å². The van der Waals surface area contributed by atoms with E-state index >= 15 is 0 Å². The molecule has 0 aliphatic carbocycles. The quantitative estimate of drug-likeness (QED) is 0.197. The molecule has 0 saturated heterocycles. The number of hydrogen-bond donors (Lipinski definition) is 1. The van der Waals surface area contributed by atoms with E-state index in [1.54, 1.807) is 18.2 Å². The summed E-state index contributed by atoms with van der Waals surface area (Å²) >= 11 is 6.43. The highest BCUT2D eigenvalue weighted by molar-refractivity contribution is 6.31. The molecule has 0 saturated carbocycles. The van der Waals surface area contributed by atoms with Crippen molar-refractivity contribution >= 4 is 17.5 Å². The predicted molar refractivity (Wildman–Crippen MR) is 152 cm³/mol. The largest absolute Gasteiger partial charge is 0.455 e. The Morgan fingerprint density at radius 1 is 0.769 bits per heavy atom. The molecule has 1 aromatic heterocycles. The maximum absolute atomic E-state index is 13.9. The third-order valence-electron chi connectivity index (χ3n) is 6.45. The number of rotatable bonds is 10. The minimum absolute atomic E-state index is 0.227. The first-order valence-corrected chi connectivity index (χ1v) is 13.1. The first kappa shape index (κ1) is 26.4. The van der Waals surface area contributed by atoms with Gasteiger partial charge in [-0.2, -0.15) is 0 Å². The average molecular weight is 539 g/mol. The normalized spacial score (nSPS) is 11.2. The summed E-state index contributed by atoms with van der Waals surface area (Å²) < 4.78 is 19.9. The number of hydrogen-bond acceptors (Lipinski definition) is 3. The van der Waals surface area contributed by atoms with Crippen molar-refractivity contribution in [1.29, 1.82) is 0 Å². The van der Waals surface area contributed by atoms with Crippen LogP contribution in [-0.4, -0.2) is 10.8 Å². The van der Waals surface area contributed by atoms with Crippen LogP contribution >= 0.6 is 11.6 Å². The first-order valence-electron chi connectivity index (χ1n) is 12.7. The van der Waals surface area contributed by atoms with Crippen molar-refractivity contribution in [2.75, 3.05) is 0 Å². The van der Waals surface area contributed by atoms with E-state index in [1.165, 1.54) is 12.1 Å². The maximum atomic E-state index is 13.9. The van der Waals surface area contributed by atoms with Gasteiger partial charge in [0.1, 0.15) is 11.6 Å². The highest BCUT2D eigenvalue weighted by Crippen LogP contribution is 2.24. The number of carbonyl (C=O) groups excluding carboxylic acids is 1. The summed E-state index contributed by atoms with van der Waals surface area (Å²) in [6.07, 6.45) is 0. The molecule has 5 aromatic rings. The molecule has 1 amide bonds. The van der Waals surface area contributed by atoms with E-state index in [0.717, 1.165) is 22.3 Å². The fourth-order valence-electron chi connectivity index (χ4n) is 4.59. The first-order chi connectivity index (χ1) is 19.0. The van der Waals surface area contributed by atoms with Crippen LogP contribution in [0, 0.1) is 5.82 Å². The van der Waals surface area contributed by atoms with E-state index < -0.39 is 0 Å². The van der Waals surface area contributed by atoms with Gasteiger partial charge in [0.05, 0.1) is 12.6 Å². The summed E-state index contributed by atoms with van der Waals surface area (Å²) in [5, 5.41) is 3.78. The number of amides is 1. The third kappa shape index (κ3) is 7.02. The van der Waals surface area contributed by atoms with Crippen LogP contribution in [0.1, 0.15) is 44.6 Å². The molecule has 0 bridgehead atoms. The van der Waals surface area contributed by atoms with Crippen LogP contribution in [0.15, 0.2) is 126 Å². The van der Waals surface area contributed by atoms with Gasteiger partial charge in [0.15, 0.2) is 5.76 Å². The molecular formula is C33H28ClFN2O2. The lowest BCUT2D eigenvalue weighted by molar-refractivity contribution is 0.0910. The molecule has 196 valence electrons. The van der Waals surface area contributed by atoms with Crippen LogP contribution in [0.3, 0.4) is 0 Å². The van der Waals surface area contributed by atoms with Crippen LogP contribution in [0.4, 0.5) is 4.39 Å². The Morgan fingerprint density at radius 2 is 1.44 bits per heavy atom. The Hall–Kier alpha value is -4.19. The standard InChI is InChI=1S/C33H28ClFN2O2/c34-30-17-8-7-15-27(30)22-37(21-24-10-9-16-28(35)20-24)23-29-18-19-31(39-29)33(38)36-32(25-11-3-1-4-12-25)26-13-5-2-6-14-26/h1-20,32H,21-23H2,(H,36,38). The van der Waals surface area contributed by atoms with Crippen LogP contribution in [-0.2, 0) is 19.6 Å². The van der Waals surface area contributed by atoms with Crippen molar-refractivity contribution < 1.29 is 13.6 Å².